The molecule has 0 aromatic heterocycles. The maximum absolute atomic E-state index is 6.05. The van der Waals surface area contributed by atoms with Crippen LogP contribution in [0.15, 0.2) is 0 Å². The molecule has 2 N–H and O–H groups in total. The van der Waals surface area contributed by atoms with Crippen molar-refractivity contribution >= 4 is 0 Å². The van der Waals surface area contributed by atoms with Gasteiger partial charge in [-0.2, -0.15) is 0 Å². The van der Waals surface area contributed by atoms with Crippen LogP contribution >= 0.6 is 0 Å². The Kier molecular flexibility index (Phi) is 3.13. The van der Waals surface area contributed by atoms with Crippen LogP contribution in [0.3, 0.4) is 0 Å². The fraction of sp³-hybridized carbons (Fsp3) is 1.00. The summed E-state index contributed by atoms with van der Waals surface area (Å²) in [4.78, 5) is 0. The van der Waals surface area contributed by atoms with E-state index in [2.05, 4.69) is 6.92 Å². The molecule has 1 aliphatic carbocycles. The highest BCUT2D eigenvalue weighted by atomic mass is 16.5. The Hall–Kier alpha value is -0.0800. The average molecular weight is 197 g/mol. The van der Waals surface area contributed by atoms with Crippen molar-refractivity contribution in [1.29, 1.82) is 0 Å². The van der Waals surface area contributed by atoms with Crippen molar-refractivity contribution in [3.8, 4) is 0 Å². The number of ether oxygens (including phenoxy) is 1. The molecule has 1 spiro atoms. The summed E-state index contributed by atoms with van der Waals surface area (Å²) in [7, 11) is 0. The Labute approximate surface area is 87.2 Å². The van der Waals surface area contributed by atoms with Crippen LogP contribution in [0, 0.1) is 5.92 Å². The van der Waals surface area contributed by atoms with Gasteiger partial charge in [-0.15, -0.1) is 0 Å². The lowest BCUT2D eigenvalue weighted by atomic mass is 9.73. The Morgan fingerprint density at radius 3 is 2.93 bits per heavy atom. The molecule has 1 saturated heterocycles. The molecule has 1 heterocycles. The summed E-state index contributed by atoms with van der Waals surface area (Å²) >= 11 is 0. The number of rotatable bonds is 1. The number of hydrogen-bond acceptors (Lipinski definition) is 2. The molecule has 14 heavy (non-hydrogen) atoms. The number of hydrogen-bond donors (Lipinski definition) is 1. The molecule has 0 amide bonds. The van der Waals surface area contributed by atoms with Crippen LogP contribution in [0.1, 0.15) is 51.9 Å². The molecule has 0 radical (unpaired) electrons. The first-order chi connectivity index (χ1) is 6.74. The predicted molar refractivity (Wildman–Crippen MR) is 58.1 cm³/mol. The molecule has 1 saturated carbocycles. The zero-order valence-electron chi connectivity index (χ0n) is 9.30. The minimum Gasteiger partial charge on any atom is -0.375 e. The second-order valence-corrected chi connectivity index (χ2v) is 5.15. The van der Waals surface area contributed by atoms with Gasteiger partial charge in [-0.05, 0) is 31.6 Å². The molecule has 3 atom stereocenters. The van der Waals surface area contributed by atoms with Gasteiger partial charge in [-0.25, -0.2) is 0 Å². The molecule has 3 unspecified atom stereocenters. The van der Waals surface area contributed by atoms with Crippen LogP contribution in [0.4, 0.5) is 0 Å². The summed E-state index contributed by atoms with van der Waals surface area (Å²) < 4.78 is 6.03. The second kappa shape index (κ2) is 4.19. The van der Waals surface area contributed by atoms with Crippen LogP contribution in [-0.2, 0) is 4.74 Å². The van der Waals surface area contributed by atoms with E-state index in [1.165, 1.54) is 32.1 Å². The van der Waals surface area contributed by atoms with Crippen molar-refractivity contribution in [2.75, 3.05) is 6.61 Å². The van der Waals surface area contributed by atoms with E-state index in [9.17, 15) is 0 Å². The van der Waals surface area contributed by atoms with E-state index in [0.717, 1.165) is 25.4 Å². The van der Waals surface area contributed by atoms with Gasteiger partial charge in [-0.1, -0.05) is 26.2 Å². The van der Waals surface area contributed by atoms with Crippen LogP contribution < -0.4 is 5.73 Å². The zero-order valence-corrected chi connectivity index (χ0v) is 9.30. The lowest BCUT2D eigenvalue weighted by molar-refractivity contribution is -0.116. The highest BCUT2D eigenvalue weighted by Gasteiger charge is 2.40. The lowest BCUT2D eigenvalue weighted by Gasteiger charge is -2.45. The second-order valence-electron chi connectivity index (χ2n) is 5.15. The molecule has 2 rings (SSSR count). The minimum atomic E-state index is 0.177. The summed E-state index contributed by atoms with van der Waals surface area (Å²) in [6, 6.07) is 0.388. The molecule has 0 bridgehead atoms. The Bertz CT molecular complexity index is 191. The first-order valence-electron chi connectivity index (χ1n) is 6.14. The molecule has 0 aromatic carbocycles. The maximum Gasteiger partial charge on any atom is 0.0700 e. The third-order valence-electron chi connectivity index (χ3n) is 4.01. The van der Waals surface area contributed by atoms with E-state index >= 15 is 0 Å². The first kappa shape index (κ1) is 10.4. The van der Waals surface area contributed by atoms with Gasteiger partial charge >= 0.3 is 0 Å². The van der Waals surface area contributed by atoms with Crippen LogP contribution in [0.25, 0.3) is 0 Å². The van der Waals surface area contributed by atoms with Gasteiger partial charge in [0.2, 0.25) is 0 Å². The van der Waals surface area contributed by atoms with Gasteiger partial charge < -0.3 is 10.5 Å². The summed E-state index contributed by atoms with van der Waals surface area (Å²) in [5.41, 5.74) is 6.22. The summed E-state index contributed by atoms with van der Waals surface area (Å²) in [5.74, 6) is 0.883. The van der Waals surface area contributed by atoms with E-state index in [0.29, 0.717) is 6.04 Å². The Morgan fingerprint density at radius 2 is 2.21 bits per heavy atom. The SMILES string of the molecule is CCC1CCCC2(CC(N)CCO2)C1. The molecule has 0 aromatic rings. The van der Waals surface area contributed by atoms with Crippen LogP contribution in [-0.4, -0.2) is 18.2 Å². The van der Waals surface area contributed by atoms with Crippen molar-refractivity contribution < 1.29 is 4.74 Å². The maximum atomic E-state index is 6.05. The lowest BCUT2D eigenvalue weighted by Crippen LogP contribution is -2.47. The third kappa shape index (κ3) is 2.12. The Balaban J connectivity index is 1.99. The van der Waals surface area contributed by atoms with Crippen molar-refractivity contribution in [2.24, 2.45) is 11.7 Å². The van der Waals surface area contributed by atoms with Gasteiger partial charge in [0, 0.05) is 12.6 Å². The van der Waals surface area contributed by atoms with E-state index < -0.39 is 0 Å². The molecule has 2 aliphatic rings. The van der Waals surface area contributed by atoms with Crippen LogP contribution in [0.5, 0.6) is 0 Å². The normalized spacial score (nSPS) is 44.1. The largest absolute Gasteiger partial charge is 0.375 e. The molecule has 2 heteroatoms. The van der Waals surface area contributed by atoms with Gasteiger partial charge in [-0.3, -0.25) is 0 Å². The van der Waals surface area contributed by atoms with E-state index in [-0.39, 0.29) is 5.60 Å². The summed E-state index contributed by atoms with van der Waals surface area (Å²) in [6.07, 6.45) is 8.71. The monoisotopic (exact) mass is 197 g/mol. The topological polar surface area (TPSA) is 35.2 Å². The molecular weight excluding hydrogens is 174 g/mol. The first-order valence-corrected chi connectivity index (χ1v) is 6.14. The quantitative estimate of drug-likeness (QED) is 0.701. The third-order valence-corrected chi connectivity index (χ3v) is 4.01. The molecule has 2 fully saturated rings. The van der Waals surface area contributed by atoms with E-state index in [1.807, 2.05) is 0 Å². The van der Waals surface area contributed by atoms with Gasteiger partial charge in [0.05, 0.1) is 5.60 Å². The predicted octanol–water partition coefficient (Wildman–Crippen LogP) is 2.46. The molecule has 1 aliphatic heterocycles. The fourth-order valence-corrected chi connectivity index (χ4v) is 3.17. The van der Waals surface area contributed by atoms with E-state index in [4.69, 9.17) is 10.5 Å². The van der Waals surface area contributed by atoms with Gasteiger partial charge in [0.25, 0.3) is 0 Å². The highest BCUT2D eigenvalue weighted by Crippen LogP contribution is 2.41. The van der Waals surface area contributed by atoms with Crippen molar-refractivity contribution in [1.82, 2.24) is 0 Å². The van der Waals surface area contributed by atoms with Gasteiger partial charge in [0.1, 0.15) is 0 Å². The molecular formula is C12H23NO. The number of nitrogens with two attached hydrogens (primary N) is 1. The smallest absolute Gasteiger partial charge is 0.0700 e. The van der Waals surface area contributed by atoms with Crippen molar-refractivity contribution in [3.63, 3.8) is 0 Å². The molecule has 82 valence electrons. The zero-order chi connectivity index (χ0) is 10.0. The summed E-state index contributed by atoms with van der Waals surface area (Å²) in [5, 5.41) is 0. The highest BCUT2D eigenvalue weighted by molar-refractivity contribution is 4.93. The standard InChI is InChI=1S/C12H23NO/c1-2-10-4-3-6-12(8-10)9-11(13)5-7-14-12/h10-11H,2-9,13H2,1H3. The van der Waals surface area contributed by atoms with Crippen molar-refractivity contribution in [3.05, 3.63) is 0 Å². The molecule has 2 nitrogen and oxygen atoms in total. The van der Waals surface area contributed by atoms with Crippen LogP contribution in [0.2, 0.25) is 0 Å². The fourth-order valence-electron chi connectivity index (χ4n) is 3.17. The van der Waals surface area contributed by atoms with Crippen molar-refractivity contribution in [2.45, 2.75) is 63.5 Å². The Morgan fingerprint density at radius 1 is 1.36 bits per heavy atom. The summed E-state index contributed by atoms with van der Waals surface area (Å²) in [6.45, 7) is 3.18. The van der Waals surface area contributed by atoms with E-state index in [1.54, 1.807) is 0 Å². The van der Waals surface area contributed by atoms with Gasteiger partial charge in [0.15, 0.2) is 0 Å². The average Bonchev–Trinajstić information content (AvgIpc) is 2.17. The minimum absolute atomic E-state index is 0.177.